The maximum atomic E-state index is 11.5. The van der Waals surface area contributed by atoms with Crippen molar-refractivity contribution in [2.45, 2.75) is 0 Å². The van der Waals surface area contributed by atoms with Crippen LogP contribution in [0.1, 0.15) is 21.5 Å². The van der Waals surface area contributed by atoms with Crippen molar-refractivity contribution in [3.05, 3.63) is 95.6 Å². The van der Waals surface area contributed by atoms with E-state index in [1.165, 1.54) is 11.1 Å². The van der Waals surface area contributed by atoms with Crippen LogP contribution in [0.15, 0.2) is 78.9 Å². The van der Waals surface area contributed by atoms with Gasteiger partial charge in [0.15, 0.2) is 0 Å². The van der Waals surface area contributed by atoms with Crippen LogP contribution in [0, 0.1) is 11.8 Å². The first-order valence-corrected chi connectivity index (χ1v) is 7.76. The summed E-state index contributed by atoms with van der Waals surface area (Å²) in [6.07, 6.45) is 0. The molecule has 1 amide bonds. The SMILES string of the molecule is CNC(=O)c1ccc(C#Cc2ccc(-c3ccccc3)cc2)cc1. The molecule has 0 bridgehead atoms. The van der Waals surface area contributed by atoms with Crippen LogP contribution in [0.3, 0.4) is 0 Å². The summed E-state index contributed by atoms with van der Waals surface area (Å²) in [5, 5.41) is 2.60. The van der Waals surface area contributed by atoms with E-state index < -0.39 is 0 Å². The van der Waals surface area contributed by atoms with E-state index in [4.69, 9.17) is 0 Å². The summed E-state index contributed by atoms with van der Waals surface area (Å²) < 4.78 is 0. The number of rotatable bonds is 2. The van der Waals surface area contributed by atoms with Crippen LogP contribution in [0.25, 0.3) is 11.1 Å². The van der Waals surface area contributed by atoms with E-state index in [1.54, 1.807) is 19.2 Å². The van der Waals surface area contributed by atoms with E-state index in [9.17, 15) is 4.79 Å². The minimum atomic E-state index is -0.0917. The Morgan fingerprint density at radius 2 is 1.21 bits per heavy atom. The van der Waals surface area contributed by atoms with Gasteiger partial charge in [0.25, 0.3) is 5.91 Å². The average molecular weight is 311 g/mol. The summed E-state index contributed by atoms with van der Waals surface area (Å²) in [4.78, 5) is 11.5. The molecule has 0 radical (unpaired) electrons. The molecule has 0 heterocycles. The zero-order chi connectivity index (χ0) is 16.8. The highest BCUT2D eigenvalue weighted by molar-refractivity contribution is 5.94. The predicted molar refractivity (Wildman–Crippen MR) is 97.7 cm³/mol. The molecule has 3 rings (SSSR count). The van der Waals surface area contributed by atoms with Gasteiger partial charge in [-0.05, 0) is 47.5 Å². The number of benzene rings is 3. The molecule has 0 spiro atoms. The minimum Gasteiger partial charge on any atom is -0.355 e. The van der Waals surface area contributed by atoms with E-state index in [2.05, 4.69) is 41.4 Å². The van der Waals surface area contributed by atoms with Gasteiger partial charge < -0.3 is 5.32 Å². The van der Waals surface area contributed by atoms with Gasteiger partial charge in [-0.2, -0.15) is 0 Å². The first kappa shape index (κ1) is 15.6. The lowest BCUT2D eigenvalue weighted by Gasteiger charge is -2.01. The summed E-state index contributed by atoms with van der Waals surface area (Å²) in [6, 6.07) is 25.7. The van der Waals surface area contributed by atoms with Gasteiger partial charge in [0, 0.05) is 23.7 Å². The average Bonchev–Trinajstić information content (AvgIpc) is 2.67. The molecular formula is C22H17NO. The lowest BCUT2D eigenvalue weighted by atomic mass is 10.0. The van der Waals surface area contributed by atoms with Crippen LogP contribution in [-0.2, 0) is 0 Å². The maximum absolute atomic E-state index is 11.5. The molecule has 2 heteroatoms. The smallest absolute Gasteiger partial charge is 0.251 e. The molecule has 2 nitrogen and oxygen atoms in total. The molecule has 3 aromatic rings. The van der Waals surface area contributed by atoms with Crippen molar-refractivity contribution in [3.63, 3.8) is 0 Å². The molecule has 0 aliphatic rings. The number of carbonyl (C=O) groups excluding carboxylic acids is 1. The molecule has 0 aliphatic heterocycles. The van der Waals surface area contributed by atoms with Crippen molar-refractivity contribution in [2.75, 3.05) is 7.05 Å². The van der Waals surface area contributed by atoms with Crippen LogP contribution in [-0.4, -0.2) is 13.0 Å². The molecule has 116 valence electrons. The van der Waals surface area contributed by atoms with E-state index in [0.29, 0.717) is 5.56 Å². The van der Waals surface area contributed by atoms with E-state index in [-0.39, 0.29) is 5.91 Å². The number of hydrogen-bond acceptors (Lipinski definition) is 1. The standard InChI is InChI=1S/C22H17NO/c1-23-22(24)21-15-11-18(12-16-21)8-7-17-9-13-20(14-10-17)19-5-3-2-4-6-19/h2-6,9-16H,1H3,(H,23,24). The third kappa shape index (κ3) is 3.71. The third-order valence-electron chi connectivity index (χ3n) is 3.72. The lowest BCUT2D eigenvalue weighted by molar-refractivity contribution is 0.0963. The maximum Gasteiger partial charge on any atom is 0.251 e. The summed E-state index contributed by atoms with van der Waals surface area (Å²) in [5.41, 5.74) is 4.85. The van der Waals surface area contributed by atoms with Gasteiger partial charge in [-0.25, -0.2) is 0 Å². The van der Waals surface area contributed by atoms with Crippen LogP contribution in [0.5, 0.6) is 0 Å². The largest absolute Gasteiger partial charge is 0.355 e. The van der Waals surface area contributed by atoms with Crippen LogP contribution in [0.4, 0.5) is 0 Å². The Hall–Kier alpha value is -3.31. The van der Waals surface area contributed by atoms with Crippen molar-refractivity contribution in [1.29, 1.82) is 0 Å². The van der Waals surface area contributed by atoms with Gasteiger partial charge in [0.05, 0.1) is 0 Å². The number of carbonyl (C=O) groups is 1. The second-order valence-electron chi connectivity index (χ2n) is 5.35. The fourth-order valence-electron chi connectivity index (χ4n) is 2.37. The van der Waals surface area contributed by atoms with Gasteiger partial charge in [-0.3, -0.25) is 4.79 Å². The first-order chi connectivity index (χ1) is 11.8. The fraction of sp³-hybridized carbons (Fsp3) is 0.0455. The number of amides is 1. The van der Waals surface area contributed by atoms with E-state index in [0.717, 1.165) is 11.1 Å². The third-order valence-corrected chi connectivity index (χ3v) is 3.72. The fourth-order valence-corrected chi connectivity index (χ4v) is 2.37. The van der Waals surface area contributed by atoms with Gasteiger partial charge >= 0.3 is 0 Å². The van der Waals surface area contributed by atoms with Crippen molar-refractivity contribution in [3.8, 4) is 23.0 Å². The zero-order valence-electron chi connectivity index (χ0n) is 13.4. The first-order valence-electron chi connectivity index (χ1n) is 7.76. The van der Waals surface area contributed by atoms with Crippen molar-refractivity contribution < 1.29 is 4.79 Å². The Bertz CT molecular complexity index is 883. The summed E-state index contributed by atoms with van der Waals surface area (Å²) in [6.45, 7) is 0. The molecule has 0 saturated carbocycles. The van der Waals surface area contributed by atoms with E-state index in [1.807, 2.05) is 42.5 Å². The van der Waals surface area contributed by atoms with Gasteiger partial charge in [-0.15, -0.1) is 0 Å². The Morgan fingerprint density at radius 3 is 1.75 bits per heavy atom. The number of hydrogen-bond donors (Lipinski definition) is 1. The molecule has 0 aliphatic carbocycles. The molecular weight excluding hydrogens is 294 g/mol. The molecule has 0 saturated heterocycles. The Kier molecular flexibility index (Phi) is 4.74. The van der Waals surface area contributed by atoms with Crippen LogP contribution in [0.2, 0.25) is 0 Å². The monoisotopic (exact) mass is 311 g/mol. The van der Waals surface area contributed by atoms with Crippen LogP contribution < -0.4 is 5.32 Å². The highest BCUT2D eigenvalue weighted by atomic mass is 16.1. The summed E-state index contributed by atoms with van der Waals surface area (Å²) >= 11 is 0. The highest BCUT2D eigenvalue weighted by Gasteiger charge is 2.01. The van der Waals surface area contributed by atoms with Gasteiger partial charge in [-0.1, -0.05) is 54.3 Å². The number of nitrogens with one attached hydrogen (secondary N) is 1. The minimum absolute atomic E-state index is 0.0917. The summed E-state index contributed by atoms with van der Waals surface area (Å²) in [5.74, 6) is 6.18. The summed E-state index contributed by atoms with van der Waals surface area (Å²) in [7, 11) is 1.62. The molecule has 0 atom stereocenters. The quantitative estimate of drug-likeness (QED) is 0.709. The highest BCUT2D eigenvalue weighted by Crippen LogP contribution is 2.18. The van der Waals surface area contributed by atoms with Crippen molar-refractivity contribution >= 4 is 5.91 Å². The lowest BCUT2D eigenvalue weighted by Crippen LogP contribution is -2.17. The normalized spacial score (nSPS) is 9.71. The van der Waals surface area contributed by atoms with E-state index >= 15 is 0 Å². The Balaban J connectivity index is 1.75. The molecule has 3 aromatic carbocycles. The second-order valence-corrected chi connectivity index (χ2v) is 5.35. The van der Waals surface area contributed by atoms with Crippen molar-refractivity contribution in [2.24, 2.45) is 0 Å². The van der Waals surface area contributed by atoms with Gasteiger partial charge in [0.2, 0.25) is 0 Å². The van der Waals surface area contributed by atoms with Gasteiger partial charge in [0.1, 0.15) is 0 Å². The second kappa shape index (κ2) is 7.30. The predicted octanol–water partition coefficient (Wildman–Crippen LogP) is 4.11. The molecule has 0 aromatic heterocycles. The van der Waals surface area contributed by atoms with Crippen LogP contribution >= 0.6 is 0 Å². The molecule has 1 N–H and O–H groups in total. The topological polar surface area (TPSA) is 29.1 Å². The molecule has 0 unspecified atom stereocenters. The molecule has 24 heavy (non-hydrogen) atoms. The molecule has 0 fully saturated rings. The van der Waals surface area contributed by atoms with Crippen molar-refractivity contribution in [1.82, 2.24) is 5.32 Å². The Morgan fingerprint density at radius 1 is 0.708 bits per heavy atom. The zero-order valence-corrected chi connectivity index (χ0v) is 13.4. The Labute approximate surface area is 142 Å².